The van der Waals surface area contributed by atoms with E-state index < -0.39 is 0 Å². The van der Waals surface area contributed by atoms with E-state index >= 15 is 0 Å². The van der Waals surface area contributed by atoms with E-state index in [1.54, 1.807) is 0 Å². The van der Waals surface area contributed by atoms with Crippen molar-refractivity contribution in [3.8, 4) is 11.1 Å². The molecule has 0 saturated heterocycles. The van der Waals surface area contributed by atoms with Gasteiger partial charge in [-0.2, -0.15) is 5.10 Å². The molecule has 0 radical (unpaired) electrons. The molecule has 0 spiro atoms. The zero-order valence-electron chi connectivity index (χ0n) is 13.6. The van der Waals surface area contributed by atoms with Gasteiger partial charge >= 0.3 is 0 Å². The molecule has 4 rings (SSSR count). The van der Waals surface area contributed by atoms with Gasteiger partial charge in [-0.3, -0.25) is 9.89 Å². The second-order valence-corrected chi connectivity index (χ2v) is 7.33. The number of aromatic nitrogens is 2. The summed E-state index contributed by atoms with van der Waals surface area (Å²) in [6.07, 6.45) is 2.75. The molecule has 0 bridgehead atoms. The number of hydrogen-bond acceptors (Lipinski definition) is 2. The van der Waals surface area contributed by atoms with E-state index in [1.165, 1.54) is 12.8 Å². The van der Waals surface area contributed by atoms with Gasteiger partial charge in [0.2, 0.25) is 5.91 Å². The molecule has 1 amide bonds. The molecule has 5 heteroatoms. The van der Waals surface area contributed by atoms with Gasteiger partial charge in [0.25, 0.3) is 0 Å². The van der Waals surface area contributed by atoms with E-state index in [0.29, 0.717) is 18.2 Å². The van der Waals surface area contributed by atoms with E-state index in [-0.39, 0.29) is 5.91 Å². The van der Waals surface area contributed by atoms with Crippen LogP contribution in [0, 0.1) is 0 Å². The topological polar surface area (TPSA) is 57.8 Å². The van der Waals surface area contributed by atoms with Crippen molar-refractivity contribution in [1.29, 1.82) is 0 Å². The van der Waals surface area contributed by atoms with Crippen molar-refractivity contribution in [2.24, 2.45) is 0 Å². The van der Waals surface area contributed by atoms with E-state index in [4.69, 9.17) is 0 Å². The van der Waals surface area contributed by atoms with Crippen molar-refractivity contribution >= 4 is 27.7 Å². The Morgan fingerprint density at radius 2 is 1.92 bits per heavy atom. The minimum absolute atomic E-state index is 0.0518. The Hall–Kier alpha value is -2.40. The van der Waals surface area contributed by atoms with Crippen LogP contribution < -0.4 is 5.32 Å². The molecule has 2 aromatic carbocycles. The van der Waals surface area contributed by atoms with Crippen molar-refractivity contribution < 1.29 is 4.79 Å². The summed E-state index contributed by atoms with van der Waals surface area (Å²) >= 11 is 3.49. The molecule has 0 atom stereocenters. The van der Waals surface area contributed by atoms with Crippen molar-refractivity contribution in [1.82, 2.24) is 10.2 Å². The first-order valence-corrected chi connectivity index (χ1v) is 9.17. The fourth-order valence-electron chi connectivity index (χ4n) is 2.86. The van der Waals surface area contributed by atoms with Gasteiger partial charge in [0, 0.05) is 22.2 Å². The van der Waals surface area contributed by atoms with Crippen LogP contribution in [0.3, 0.4) is 0 Å². The highest BCUT2D eigenvalue weighted by atomic mass is 79.9. The second kappa shape index (κ2) is 6.84. The number of anilines is 1. The normalized spacial score (nSPS) is 13.6. The molecule has 1 aliphatic rings. The van der Waals surface area contributed by atoms with Crippen molar-refractivity contribution in [3.63, 3.8) is 0 Å². The third-order valence-electron chi connectivity index (χ3n) is 4.36. The smallest absolute Gasteiger partial charge is 0.229 e. The van der Waals surface area contributed by atoms with Gasteiger partial charge in [-0.1, -0.05) is 52.3 Å². The Bertz CT molecular complexity index is 897. The number of nitrogens with zero attached hydrogens (tertiary/aromatic N) is 1. The molecule has 0 aliphatic heterocycles. The predicted octanol–water partition coefficient (Wildman–Crippen LogP) is 4.90. The van der Waals surface area contributed by atoms with Crippen LogP contribution in [0.2, 0.25) is 0 Å². The average Bonchev–Trinajstić information content (AvgIpc) is 3.35. The summed E-state index contributed by atoms with van der Waals surface area (Å²) in [7, 11) is 0. The predicted molar refractivity (Wildman–Crippen MR) is 102 cm³/mol. The van der Waals surface area contributed by atoms with Crippen LogP contribution in [0.5, 0.6) is 0 Å². The summed E-state index contributed by atoms with van der Waals surface area (Å²) in [4.78, 5) is 12.2. The maximum Gasteiger partial charge on any atom is 0.229 e. The first kappa shape index (κ1) is 16.1. The van der Waals surface area contributed by atoms with Crippen LogP contribution in [0.15, 0.2) is 59.1 Å². The van der Waals surface area contributed by atoms with E-state index in [9.17, 15) is 4.79 Å². The molecule has 25 heavy (non-hydrogen) atoms. The SMILES string of the molecule is O=C(Cc1ccc(-c2cccc(Br)c2)cc1)Nc1cc(C2CC2)[nH]n1. The van der Waals surface area contributed by atoms with Crippen LogP contribution in [0.4, 0.5) is 5.82 Å². The number of amides is 1. The lowest BCUT2D eigenvalue weighted by atomic mass is 10.0. The highest BCUT2D eigenvalue weighted by molar-refractivity contribution is 9.10. The van der Waals surface area contributed by atoms with E-state index in [0.717, 1.165) is 26.9 Å². The van der Waals surface area contributed by atoms with Crippen LogP contribution in [0.25, 0.3) is 11.1 Å². The highest BCUT2D eigenvalue weighted by Gasteiger charge is 2.25. The average molecular weight is 396 g/mol. The fraction of sp³-hybridized carbons (Fsp3) is 0.200. The van der Waals surface area contributed by atoms with Gasteiger partial charge < -0.3 is 5.32 Å². The van der Waals surface area contributed by atoms with Crippen molar-refractivity contribution in [3.05, 3.63) is 70.3 Å². The molecule has 0 unspecified atom stereocenters. The molecular formula is C20H18BrN3O. The lowest BCUT2D eigenvalue weighted by Gasteiger charge is -2.05. The van der Waals surface area contributed by atoms with Crippen molar-refractivity contribution in [2.75, 3.05) is 5.32 Å². The molecule has 1 heterocycles. The van der Waals surface area contributed by atoms with Gasteiger partial charge in [0.05, 0.1) is 6.42 Å². The maximum absolute atomic E-state index is 12.2. The molecule has 1 aromatic heterocycles. The Labute approximate surface area is 154 Å². The Morgan fingerprint density at radius 3 is 2.64 bits per heavy atom. The number of rotatable bonds is 5. The quantitative estimate of drug-likeness (QED) is 0.645. The maximum atomic E-state index is 12.2. The Morgan fingerprint density at radius 1 is 1.12 bits per heavy atom. The number of aromatic amines is 1. The number of carbonyl (C=O) groups excluding carboxylic acids is 1. The highest BCUT2D eigenvalue weighted by Crippen LogP contribution is 2.39. The third-order valence-corrected chi connectivity index (χ3v) is 4.85. The van der Waals surface area contributed by atoms with Gasteiger partial charge in [0.15, 0.2) is 5.82 Å². The first-order valence-electron chi connectivity index (χ1n) is 8.37. The zero-order valence-corrected chi connectivity index (χ0v) is 15.2. The molecule has 1 aliphatic carbocycles. The summed E-state index contributed by atoms with van der Waals surface area (Å²) in [6.45, 7) is 0. The number of nitrogens with one attached hydrogen (secondary N) is 2. The van der Waals surface area contributed by atoms with E-state index in [2.05, 4.69) is 43.6 Å². The number of halogens is 1. The lowest BCUT2D eigenvalue weighted by Crippen LogP contribution is -2.14. The van der Waals surface area contributed by atoms with E-state index in [1.807, 2.05) is 42.5 Å². The molecule has 2 N–H and O–H groups in total. The van der Waals surface area contributed by atoms with Crippen LogP contribution in [-0.4, -0.2) is 16.1 Å². The van der Waals surface area contributed by atoms with Crippen LogP contribution in [0.1, 0.15) is 30.0 Å². The summed E-state index contributed by atoms with van der Waals surface area (Å²) in [5.41, 5.74) is 4.38. The minimum Gasteiger partial charge on any atom is -0.309 e. The fourth-order valence-corrected chi connectivity index (χ4v) is 3.26. The summed E-state index contributed by atoms with van der Waals surface area (Å²) in [6, 6.07) is 18.2. The van der Waals surface area contributed by atoms with Crippen LogP contribution >= 0.6 is 15.9 Å². The van der Waals surface area contributed by atoms with Crippen molar-refractivity contribution in [2.45, 2.75) is 25.2 Å². The largest absolute Gasteiger partial charge is 0.309 e. The number of H-pyrrole nitrogens is 1. The van der Waals surface area contributed by atoms with Gasteiger partial charge in [-0.05, 0) is 41.7 Å². The molecule has 1 saturated carbocycles. The Kier molecular flexibility index (Phi) is 4.40. The molecule has 3 aromatic rings. The third kappa shape index (κ3) is 3.99. The summed E-state index contributed by atoms with van der Waals surface area (Å²) in [5, 5.41) is 10.0. The van der Waals surface area contributed by atoms with Crippen LogP contribution in [-0.2, 0) is 11.2 Å². The molecular weight excluding hydrogens is 378 g/mol. The van der Waals surface area contributed by atoms with Gasteiger partial charge in [-0.25, -0.2) is 0 Å². The summed E-state index contributed by atoms with van der Waals surface area (Å²) in [5.74, 6) is 1.16. The monoisotopic (exact) mass is 395 g/mol. The first-order chi connectivity index (χ1) is 12.2. The number of carbonyl (C=O) groups is 1. The Balaban J connectivity index is 1.39. The second-order valence-electron chi connectivity index (χ2n) is 6.42. The van der Waals surface area contributed by atoms with Gasteiger partial charge in [-0.15, -0.1) is 0 Å². The molecule has 126 valence electrons. The standard InChI is InChI=1S/C20H18BrN3O/c21-17-3-1-2-16(11-17)14-6-4-13(5-7-14)10-20(25)22-19-12-18(23-24-19)15-8-9-15/h1-7,11-12,15H,8-10H2,(H2,22,23,24,25). The van der Waals surface area contributed by atoms with Gasteiger partial charge in [0.1, 0.15) is 0 Å². The summed E-state index contributed by atoms with van der Waals surface area (Å²) < 4.78 is 1.05. The zero-order chi connectivity index (χ0) is 17.2. The molecule has 4 nitrogen and oxygen atoms in total. The number of hydrogen-bond donors (Lipinski definition) is 2. The molecule has 1 fully saturated rings. The number of benzene rings is 2. The lowest BCUT2D eigenvalue weighted by molar-refractivity contribution is -0.115. The minimum atomic E-state index is -0.0518.